The van der Waals surface area contributed by atoms with Crippen molar-refractivity contribution in [1.82, 2.24) is 4.98 Å². The molecule has 1 aromatic heterocycles. The fourth-order valence-corrected chi connectivity index (χ4v) is 3.01. The molecule has 0 aliphatic heterocycles. The van der Waals surface area contributed by atoms with Crippen molar-refractivity contribution < 1.29 is 13.9 Å². The summed E-state index contributed by atoms with van der Waals surface area (Å²) in [6.07, 6.45) is -0.634. The number of carbonyl (C=O) groups is 1. The molecule has 4 rings (SSSR count). The molecule has 29 heavy (non-hydrogen) atoms. The predicted molar refractivity (Wildman–Crippen MR) is 114 cm³/mol. The normalized spacial score (nSPS) is 12.0. The molecule has 0 unspecified atom stereocenters. The number of ether oxygens (including phenoxy) is 1. The first-order valence-corrected chi connectivity index (χ1v) is 9.50. The van der Waals surface area contributed by atoms with E-state index >= 15 is 0 Å². The number of aromatic nitrogens is 1. The lowest BCUT2D eigenvalue weighted by molar-refractivity contribution is -0.122. The average molecular weight is 386 g/mol. The molecule has 0 aliphatic carbocycles. The molecule has 1 N–H and O–H groups in total. The molecule has 1 amide bonds. The van der Waals surface area contributed by atoms with Crippen LogP contribution in [0.5, 0.6) is 5.75 Å². The molecule has 3 aromatic carbocycles. The molecule has 0 saturated heterocycles. The van der Waals surface area contributed by atoms with Crippen molar-refractivity contribution in [3.63, 3.8) is 0 Å². The minimum absolute atomic E-state index is 0.224. The van der Waals surface area contributed by atoms with E-state index in [0.29, 0.717) is 17.3 Å². The van der Waals surface area contributed by atoms with Gasteiger partial charge >= 0.3 is 0 Å². The summed E-state index contributed by atoms with van der Waals surface area (Å²) in [5.41, 5.74) is 5.29. The minimum atomic E-state index is -0.634. The largest absolute Gasteiger partial charge is 0.481 e. The van der Waals surface area contributed by atoms with E-state index in [0.717, 1.165) is 22.2 Å². The lowest BCUT2D eigenvalue weighted by atomic mass is 10.1. The highest BCUT2D eigenvalue weighted by molar-refractivity contribution is 5.94. The highest BCUT2D eigenvalue weighted by atomic mass is 16.5. The van der Waals surface area contributed by atoms with Gasteiger partial charge in [0.05, 0.1) is 0 Å². The van der Waals surface area contributed by atoms with Crippen LogP contribution in [-0.4, -0.2) is 17.0 Å². The van der Waals surface area contributed by atoms with E-state index in [9.17, 15) is 4.79 Å². The fraction of sp³-hybridized carbons (Fsp3) is 0.167. The van der Waals surface area contributed by atoms with Gasteiger partial charge in [-0.25, -0.2) is 4.98 Å². The van der Waals surface area contributed by atoms with Gasteiger partial charge in [0.1, 0.15) is 11.3 Å². The Kier molecular flexibility index (Phi) is 5.04. The van der Waals surface area contributed by atoms with Crippen LogP contribution >= 0.6 is 0 Å². The van der Waals surface area contributed by atoms with Crippen LogP contribution in [0.2, 0.25) is 0 Å². The van der Waals surface area contributed by atoms with Gasteiger partial charge in [0.15, 0.2) is 11.7 Å². The molecule has 0 radical (unpaired) electrons. The number of anilines is 1. The van der Waals surface area contributed by atoms with Crippen molar-refractivity contribution in [2.24, 2.45) is 0 Å². The quantitative estimate of drug-likeness (QED) is 0.491. The number of aryl methyl sites for hydroxylation is 2. The number of hydrogen-bond acceptors (Lipinski definition) is 4. The van der Waals surface area contributed by atoms with Crippen LogP contribution in [0.25, 0.3) is 22.6 Å². The van der Waals surface area contributed by atoms with Crippen LogP contribution in [0, 0.1) is 13.8 Å². The van der Waals surface area contributed by atoms with Gasteiger partial charge in [-0.3, -0.25) is 4.79 Å². The Morgan fingerprint density at radius 2 is 1.83 bits per heavy atom. The summed E-state index contributed by atoms with van der Waals surface area (Å²) in [7, 11) is 0. The Hall–Kier alpha value is -3.60. The lowest BCUT2D eigenvalue weighted by Gasteiger charge is -2.16. The molecule has 5 heteroatoms. The molecular weight excluding hydrogens is 364 g/mol. The number of oxazole rings is 1. The summed E-state index contributed by atoms with van der Waals surface area (Å²) in [6, 6.07) is 20.8. The van der Waals surface area contributed by atoms with Crippen molar-refractivity contribution in [2.45, 2.75) is 26.9 Å². The number of benzene rings is 3. The second-order valence-corrected chi connectivity index (χ2v) is 7.06. The summed E-state index contributed by atoms with van der Waals surface area (Å²) in [5.74, 6) is 0.968. The zero-order chi connectivity index (χ0) is 20.4. The topological polar surface area (TPSA) is 64.4 Å². The van der Waals surface area contributed by atoms with Crippen LogP contribution in [0.1, 0.15) is 18.1 Å². The van der Waals surface area contributed by atoms with Crippen molar-refractivity contribution in [3.8, 4) is 17.2 Å². The summed E-state index contributed by atoms with van der Waals surface area (Å²) in [6.45, 7) is 5.79. The average Bonchev–Trinajstić information content (AvgIpc) is 3.15. The highest BCUT2D eigenvalue weighted by Crippen LogP contribution is 2.26. The summed E-state index contributed by atoms with van der Waals surface area (Å²) < 4.78 is 11.6. The maximum atomic E-state index is 12.6. The maximum absolute atomic E-state index is 12.6. The van der Waals surface area contributed by atoms with Crippen molar-refractivity contribution in [2.75, 3.05) is 5.32 Å². The molecule has 1 atom stereocenters. The van der Waals surface area contributed by atoms with E-state index in [2.05, 4.69) is 10.3 Å². The zero-order valence-corrected chi connectivity index (χ0v) is 16.6. The number of nitrogens with zero attached hydrogens (tertiary/aromatic N) is 1. The Morgan fingerprint density at radius 1 is 1.00 bits per heavy atom. The third-order valence-electron chi connectivity index (χ3n) is 4.83. The van der Waals surface area contributed by atoms with E-state index < -0.39 is 6.10 Å². The Labute approximate surface area is 169 Å². The standard InChI is InChI=1S/C24H22N2O3/c1-15-11-12-20(13-16(15)2)28-17(3)23(27)25-19-8-6-7-18(14-19)24-26-21-9-4-5-10-22(21)29-24/h4-14,17H,1-3H3,(H,25,27)/t17-/m0/s1. The van der Waals surface area contributed by atoms with E-state index in [4.69, 9.17) is 9.15 Å². The molecular formula is C24H22N2O3. The molecule has 5 nitrogen and oxygen atoms in total. The molecule has 146 valence electrons. The number of hydrogen-bond donors (Lipinski definition) is 1. The fourth-order valence-electron chi connectivity index (χ4n) is 3.01. The van der Waals surface area contributed by atoms with Crippen LogP contribution in [0.4, 0.5) is 5.69 Å². The van der Waals surface area contributed by atoms with Gasteiger partial charge in [0.2, 0.25) is 5.89 Å². The first kappa shape index (κ1) is 18.7. The van der Waals surface area contributed by atoms with Gasteiger partial charge in [-0.05, 0) is 74.4 Å². The van der Waals surface area contributed by atoms with Gasteiger partial charge < -0.3 is 14.5 Å². The highest BCUT2D eigenvalue weighted by Gasteiger charge is 2.16. The number of fused-ring (bicyclic) bond motifs is 1. The second kappa shape index (κ2) is 7.80. The van der Waals surface area contributed by atoms with Crippen molar-refractivity contribution in [3.05, 3.63) is 77.9 Å². The first-order chi connectivity index (χ1) is 14.0. The molecule has 4 aromatic rings. The number of nitrogens with one attached hydrogen (secondary N) is 1. The minimum Gasteiger partial charge on any atom is -0.481 e. The van der Waals surface area contributed by atoms with Crippen LogP contribution in [0.15, 0.2) is 71.1 Å². The molecule has 0 aliphatic rings. The van der Waals surface area contributed by atoms with Crippen molar-refractivity contribution >= 4 is 22.7 Å². The Morgan fingerprint density at radius 3 is 2.62 bits per heavy atom. The summed E-state index contributed by atoms with van der Waals surface area (Å²) in [5, 5.41) is 2.90. The maximum Gasteiger partial charge on any atom is 0.265 e. The molecule has 0 fully saturated rings. The Balaban J connectivity index is 1.48. The van der Waals surface area contributed by atoms with Crippen molar-refractivity contribution in [1.29, 1.82) is 0 Å². The number of amides is 1. The second-order valence-electron chi connectivity index (χ2n) is 7.06. The SMILES string of the molecule is Cc1ccc(O[C@@H](C)C(=O)Nc2cccc(-c3nc4ccccc4o3)c2)cc1C. The van der Waals surface area contributed by atoms with Gasteiger partial charge in [-0.15, -0.1) is 0 Å². The van der Waals surface area contributed by atoms with E-state index in [1.165, 1.54) is 5.56 Å². The molecule has 0 saturated carbocycles. The third-order valence-corrected chi connectivity index (χ3v) is 4.83. The number of rotatable bonds is 5. The van der Waals surface area contributed by atoms with Crippen LogP contribution < -0.4 is 10.1 Å². The summed E-state index contributed by atoms with van der Waals surface area (Å²) >= 11 is 0. The monoisotopic (exact) mass is 386 g/mol. The van der Waals surface area contributed by atoms with Crippen LogP contribution in [-0.2, 0) is 4.79 Å². The molecule has 0 spiro atoms. The van der Waals surface area contributed by atoms with E-state index in [1.807, 2.05) is 80.6 Å². The zero-order valence-electron chi connectivity index (χ0n) is 16.6. The molecule has 1 heterocycles. The number of carbonyl (C=O) groups excluding carboxylic acids is 1. The number of para-hydroxylation sites is 2. The van der Waals surface area contributed by atoms with Gasteiger partial charge in [0, 0.05) is 11.3 Å². The molecule has 0 bridgehead atoms. The third kappa shape index (κ3) is 4.14. The van der Waals surface area contributed by atoms with Gasteiger partial charge in [0.25, 0.3) is 5.91 Å². The first-order valence-electron chi connectivity index (χ1n) is 9.50. The smallest absolute Gasteiger partial charge is 0.265 e. The summed E-state index contributed by atoms with van der Waals surface area (Å²) in [4.78, 5) is 17.1. The van der Waals surface area contributed by atoms with Gasteiger partial charge in [-0.1, -0.05) is 24.3 Å². The predicted octanol–water partition coefficient (Wildman–Crippen LogP) is 5.52. The van der Waals surface area contributed by atoms with E-state index in [1.54, 1.807) is 6.92 Å². The van der Waals surface area contributed by atoms with E-state index in [-0.39, 0.29) is 5.91 Å². The van der Waals surface area contributed by atoms with Crippen LogP contribution in [0.3, 0.4) is 0 Å². The lowest BCUT2D eigenvalue weighted by Crippen LogP contribution is -2.30. The Bertz CT molecular complexity index is 1150. The van der Waals surface area contributed by atoms with Gasteiger partial charge in [-0.2, -0.15) is 0 Å².